The maximum atomic E-state index is 6.17. The minimum absolute atomic E-state index is 0.0284. The zero-order chi connectivity index (χ0) is 16.6. The molecule has 9 heteroatoms. The van der Waals surface area contributed by atoms with Crippen LogP contribution in [0, 0.1) is 0 Å². The van der Waals surface area contributed by atoms with Gasteiger partial charge in [0.2, 0.25) is 0 Å². The Morgan fingerprint density at radius 3 is 2.74 bits per heavy atom. The number of fused-ring (bicyclic) bond motifs is 1. The first-order chi connectivity index (χ1) is 11.0. The smallest absolute Gasteiger partial charge is 0.191 e. The standard InChI is InChI=1S/C14H12Cl2N4OS2/c1-6(23-14-19-10(17)4-11(20-14)22-2)9-3-7-8(15)5-21-12(7)13(16)18-9/h3-6H,1-2H3,(H2,17,19,20). The fourth-order valence-corrected chi connectivity index (χ4v) is 3.76. The van der Waals surface area contributed by atoms with E-state index >= 15 is 0 Å². The molecule has 3 aromatic heterocycles. The minimum atomic E-state index is -0.0284. The number of halogens is 2. The van der Waals surface area contributed by atoms with Gasteiger partial charge >= 0.3 is 0 Å². The van der Waals surface area contributed by atoms with Crippen molar-refractivity contribution in [1.29, 1.82) is 0 Å². The first-order valence-corrected chi connectivity index (χ1v) is 9.42. The first kappa shape index (κ1) is 16.7. The minimum Gasteiger partial charge on any atom is -0.459 e. The van der Waals surface area contributed by atoms with Gasteiger partial charge < -0.3 is 10.2 Å². The van der Waals surface area contributed by atoms with Crippen molar-refractivity contribution in [2.24, 2.45) is 0 Å². The average molecular weight is 387 g/mol. The van der Waals surface area contributed by atoms with Crippen LogP contribution in [0.25, 0.3) is 11.0 Å². The van der Waals surface area contributed by atoms with Crippen molar-refractivity contribution in [2.45, 2.75) is 22.4 Å². The third-order valence-corrected chi connectivity index (χ3v) is 5.26. The molecule has 0 aliphatic carbocycles. The monoisotopic (exact) mass is 386 g/mol. The molecule has 5 nitrogen and oxygen atoms in total. The van der Waals surface area contributed by atoms with Crippen LogP contribution in [0.1, 0.15) is 17.9 Å². The quantitative estimate of drug-likeness (QED) is 0.289. The lowest BCUT2D eigenvalue weighted by Crippen LogP contribution is -1.99. The molecule has 0 spiro atoms. The number of aromatic nitrogens is 3. The Balaban J connectivity index is 1.93. The second kappa shape index (κ2) is 6.76. The second-order valence-electron chi connectivity index (χ2n) is 4.68. The SMILES string of the molecule is CSc1cc(N)nc(SC(C)c2cc3c(Cl)coc3c(Cl)n2)n1. The van der Waals surface area contributed by atoms with Crippen molar-refractivity contribution in [3.63, 3.8) is 0 Å². The highest BCUT2D eigenvalue weighted by molar-refractivity contribution is 7.99. The van der Waals surface area contributed by atoms with E-state index in [0.717, 1.165) is 16.1 Å². The topological polar surface area (TPSA) is 77.8 Å². The van der Waals surface area contributed by atoms with Crippen molar-refractivity contribution in [2.75, 3.05) is 12.0 Å². The third-order valence-electron chi connectivity index (χ3n) is 3.10. The molecule has 0 aliphatic heterocycles. The Labute approximate surface area is 151 Å². The van der Waals surface area contributed by atoms with E-state index in [4.69, 9.17) is 33.4 Å². The predicted octanol–water partition coefficient (Wildman–Crippen LogP) is 5.08. The summed E-state index contributed by atoms with van der Waals surface area (Å²) in [4.78, 5) is 13.1. The van der Waals surface area contributed by atoms with Gasteiger partial charge in [0.15, 0.2) is 15.9 Å². The van der Waals surface area contributed by atoms with Crippen molar-refractivity contribution in [1.82, 2.24) is 15.0 Å². The number of pyridine rings is 1. The molecule has 0 aliphatic rings. The van der Waals surface area contributed by atoms with Crippen LogP contribution in [0.4, 0.5) is 5.82 Å². The van der Waals surface area contributed by atoms with Gasteiger partial charge in [-0.2, -0.15) is 0 Å². The molecule has 23 heavy (non-hydrogen) atoms. The van der Waals surface area contributed by atoms with Crippen LogP contribution in [0.15, 0.2) is 33.0 Å². The van der Waals surface area contributed by atoms with Crippen LogP contribution in [0.5, 0.6) is 0 Å². The van der Waals surface area contributed by atoms with Crippen LogP contribution >= 0.6 is 46.7 Å². The number of nitrogens with two attached hydrogens (primary N) is 1. The van der Waals surface area contributed by atoms with Crippen LogP contribution < -0.4 is 5.73 Å². The van der Waals surface area contributed by atoms with E-state index in [1.807, 2.05) is 19.2 Å². The molecule has 0 saturated carbocycles. The van der Waals surface area contributed by atoms with Gasteiger partial charge in [-0.25, -0.2) is 15.0 Å². The fraction of sp³-hybridized carbons (Fsp3) is 0.214. The van der Waals surface area contributed by atoms with E-state index in [9.17, 15) is 0 Å². The Bertz CT molecular complexity index is 871. The molecule has 3 aromatic rings. The molecule has 0 aromatic carbocycles. The lowest BCUT2D eigenvalue weighted by Gasteiger charge is -2.11. The molecule has 3 rings (SSSR count). The molecule has 0 fully saturated rings. The summed E-state index contributed by atoms with van der Waals surface area (Å²) in [6.07, 6.45) is 3.39. The lowest BCUT2D eigenvalue weighted by atomic mass is 10.2. The number of furan rings is 1. The number of rotatable bonds is 4. The summed E-state index contributed by atoms with van der Waals surface area (Å²) in [6.45, 7) is 1.99. The summed E-state index contributed by atoms with van der Waals surface area (Å²) in [5.74, 6) is 0.443. The maximum absolute atomic E-state index is 6.17. The van der Waals surface area contributed by atoms with Crippen molar-refractivity contribution >= 4 is 63.5 Å². The van der Waals surface area contributed by atoms with Crippen LogP contribution in [0.3, 0.4) is 0 Å². The van der Waals surface area contributed by atoms with Gasteiger partial charge in [0, 0.05) is 11.5 Å². The molecule has 0 radical (unpaired) electrons. The van der Waals surface area contributed by atoms with Crippen LogP contribution in [0.2, 0.25) is 10.2 Å². The van der Waals surface area contributed by atoms with E-state index in [0.29, 0.717) is 21.6 Å². The summed E-state index contributed by atoms with van der Waals surface area (Å²) in [7, 11) is 0. The number of hydrogen-bond donors (Lipinski definition) is 1. The third kappa shape index (κ3) is 3.52. The molecular formula is C14H12Cl2N4OS2. The summed E-state index contributed by atoms with van der Waals surface area (Å²) < 4.78 is 5.30. The van der Waals surface area contributed by atoms with E-state index in [1.165, 1.54) is 29.8 Å². The lowest BCUT2D eigenvalue weighted by molar-refractivity contribution is 0.614. The first-order valence-electron chi connectivity index (χ1n) is 6.56. The number of hydrogen-bond acceptors (Lipinski definition) is 7. The van der Waals surface area contributed by atoms with Crippen molar-refractivity contribution < 1.29 is 4.42 Å². The Kier molecular flexibility index (Phi) is 4.91. The van der Waals surface area contributed by atoms with Gasteiger partial charge in [-0.05, 0) is 19.2 Å². The average Bonchev–Trinajstić information content (AvgIpc) is 2.88. The largest absolute Gasteiger partial charge is 0.459 e. The number of nitrogen functional groups attached to an aromatic ring is 1. The van der Waals surface area contributed by atoms with Gasteiger partial charge in [0.05, 0.1) is 16.0 Å². The molecule has 1 atom stereocenters. The number of anilines is 1. The molecule has 2 N–H and O–H groups in total. The van der Waals surface area contributed by atoms with E-state index in [-0.39, 0.29) is 10.4 Å². The molecule has 1 unspecified atom stereocenters. The summed E-state index contributed by atoms with van der Waals surface area (Å²) >= 11 is 15.3. The van der Waals surface area contributed by atoms with Gasteiger partial charge in [0.1, 0.15) is 17.1 Å². The Morgan fingerprint density at radius 2 is 2.00 bits per heavy atom. The molecule has 0 saturated heterocycles. The molecule has 0 bridgehead atoms. The highest BCUT2D eigenvalue weighted by atomic mass is 35.5. The van der Waals surface area contributed by atoms with Gasteiger partial charge in [-0.15, -0.1) is 11.8 Å². The van der Waals surface area contributed by atoms with E-state index in [1.54, 1.807) is 6.07 Å². The van der Waals surface area contributed by atoms with Crippen molar-refractivity contribution in [3.8, 4) is 0 Å². The Morgan fingerprint density at radius 1 is 1.22 bits per heavy atom. The van der Waals surface area contributed by atoms with Crippen molar-refractivity contribution in [3.05, 3.63) is 34.3 Å². The molecule has 0 amide bonds. The van der Waals surface area contributed by atoms with E-state index < -0.39 is 0 Å². The van der Waals surface area contributed by atoms with Crippen LogP contribution in [-0.4, -0.2) is 21.2 Å². The Hall–Kier alpha value is -1.15. The normalized spacial score (nSPS) is 12.7. The molecular weight excluding hydrogens is 375 g/mol. The molecule has 120 valence electrons. The number of nitrogens with zero attached hydrogens (tertiary/aromatic N) is 3. The zero-order valence-electron chi connectivity index (χ0n) is 12.2. The maximum Gasteiger partial charge on any atom is 0.191 e. The van der Waals surface area contributed by atoms with E-state index in [2.05, 4.69) is 15.0 Å². The summed E-state index contributed by atoms with van der Waals surface area (Å²) in [5.41, 5.74) is 7.07. The highest BCUT2D eigenvalue weighted by Gasteiger charge is 2.17. The highest BCUT2D eigenvalue weighted by Crippen LogP contribution is 2.37. The predicted molar refractivity (Wildman–Crippen MR) is 96.5 cm³/mol. The zero-order valence-corrected chi connectivity index (χ0v) is 15.4. The summed E-state index contributed by atoms with van der Waals surface area (Å²) in [5, 5.41) is 2.93. The second-order valence-corrected chi connectivity index (χ2v) is 7.58. The fourth-order valence-electron chi connectivity index (χ4n) is 1.99. The number of thioether (sulfide) groups is 2. The molecule has 3 heterocycles. The van der Waals surface area contributed by atoms with Crippen LogP contribution in [-0.2, 0) is 0 Å². The summed E-state index contributed by atoms with van der Waals surface area (Å²) in [6, 6.07) is 3.61. The van der Waals surface area contributed by atoms with Gasteiger partial charge in [0.25, 0.3) is 0 Å². The van der Waals surface area contributed by atoms with Gasteiger partial charge in [-0.1, -0.05) is 35.0 Å². The van der Waals surface area contributed by atoms with Gasteiger partial charge in [-0.3, -0.25) is 0 Å².